The monoisotopic (exact) mass is 336 g/mol. The van der Waals surface area contributed by atoms with Crippen molar-refractivity contribution >= 4 is 23.1 Å². The van der Waals surface area contributed by atoms with Crippen molar-refractivity contribution in [3.8, 4) is 0 Å². The topological polar surface area (TPSA) is 68.3 Å². The molecule has 0 radical (unpaired) electrons. The van der Waals surface area contributed by atoms with Crippen molar-refractivity contribution in [3.05, 3.63) is 0 Å². The highest BCUT2D eigenvalue weighted by Crippen LogP contribution is 2.59. The summed E-state index contributed by atoms with van der Waals surface area (Å²) < 4.78 is 0. The maximum absolute atomic E-state index is 12.8. The Kier molecular flexibility index (Phi) is 5.95. The molecule has 1 aliphatic carbocycles. The Morgan fingerprint density at radius 1 is 0.500 bits per heavy atom. The molecule has 0 saturated heterocycles. The van der Waals surface area contributed by atoms with Gasteiger partial charge in [-0.25, -0.2) is 0 Å². The Morgan fingerprint density at radius 3 is 0.792 bits per heavy atom. The van der Waals surface area contributed by atoms with Crippen LogP contribution in [0, 0.1) is 34.5 Å². The van der Waals surface area contributed by atoms with Gasteiger partial charge in [-0.15, -0.1) is 0 Å². The Balaban J connectivity index is 3.38. The molecule has 4 nitrogen and oxygen atoms in total. The van der Waals surface area contributed by atoms with Gasteiger partial charge in [-0.3, -0.25) is 19.2 Å². The fraction of sp³-hybridized carbons (Fsp3) is 0.800. The lowest BCUT2D eigenvalue weighted by Gasteiger charge is -2.54. The zero-order chi connectivity index (χ0) is 19.0. The summed E-state index contributed by atoms with van der Waals surface area (Å²) in [5.41, 5.74) is -2.34. The first-order valence-corrected chi connectivity index (χ1v) is 9.00. The maximum Gasteiger partial charge on any atom is 0.149 e. The third-order valence-electron chi connectivity index (χ3n) is 5.19. The zero-order valence-electron chi connectivity index (χ0n) is 16.4. The van der Waals surface area contributed by atoms with Crippen molar-refractivity contribution in [2.45, 2.75) is 68.2 Å². The highest BCUT2D eigenvalue weighted by molar-refractivity contribution is 6.17. The highest BCUT2D eigenvalue weighted by atomic mass is 16.2. The van der Waals surface area contributed by atoms with Crippen LogP contribution in [0.15, 0.2) is 0 Å². The second-order valence-corrected chi connectivity index (χ2v) is 8.59. The molecule has 0 aromatic heterocycles. The Labute approximate surface area is 145 Å². The van der Waals surface area contributed by atoms with Crippen molar-refractivity contribution in [2.24, 2.45) is 34.5 Å². The molecule has 136 valence electrons. The van der Waals surface area contributed by atoms with Crippen LogP contribution >= 0.6 is 0 Å². The summed E-state index contributed by atoms with van der Waals surface area (Å²) in [5.74, 6) is -1.73. The fourth-order valence-corrected chi connectivity index (χ4v) is 4.13. The van der Waals surface area contributed by atoms with Gasteiger partial charge in [0.2, 0.25) is 0 Å². The lowest BCUT2D eigenvalue weighted by molar-refractivity contribution is -0.173. The second kappa shape index (κ2) is 6.89. The van der Waals surface area contributed by atoms with E-state index < -0.39 is 10.8 Å². The molecule has 0 bridgehead atoms. The van der Waals surface area contributed by atoms with E-state index in [-0.39, 0.29) is 59.6 Å². The molecule has 1 saturated carbocycles. The lowest BCUT2D eigenvalue weighted by atomic mass is 9.43. The normalized spacial score (nSPS) is 18.8. The third-order valence-corrected chi connectivity index (χ3v) is 5.19. The van der Waals surface area contributed by atoms with E-state index in [2.05, 4.69) is 0 Å². The Hall–Kier alpha value is -1.32. The average molecular weight is 336 g/mol. The van der Waals surface area contributed by atoms with E-state index in [0.29, 0.717) is 0 Å². The SMILES string of the molecule is CC(C)C(=O)C1(C(=O)C(C)C)CC(C(=O)C(C)C)(C(=O)C(C)C)C1. The van der Waals surface area contributed by atoms with E-state index in [1.165, 1.54) is 0 Å². The minimum absolute atomic E-state index is 0.0576. The van der Waals surface area contributed by atoms with Crippen LogP contribution < -0.4 is 0 Å². The van der Waals surface area contributed by atoms with Crippen LogP contribution in [-0.2, 0) is 19.2 Å². The summed E-state index contributed by atoms with van der Waals surface area (Å²) in [7, 11) is 0. The number of rotatable bonds is 8. The van der Waals surface area contributed by atoms with Gasteiger partial charge in [0.05, 0.1) is 10.8 Å². The van der Waals surface area contributed by atoms with Crippen LogP contribution in [0.4, 0.5) is 0 Å². The van der Waals surface area contributed by atoms with Gasteiger partial charge in [-0.1, -0.05) is 55.4 Å². The minimum Gasteiger partial charge on any atom is -0.298 e. The fourth-order valence-electron chi connectivity index (χ4n) is 4.13. The van der Waals surface area contributed by atoms with Gasteiger partial charge in [-0.05, 0) is 12.8 Å². The van der Waals surface area contributed by atoms with E-state index in [0.717, 1.165) is 0 Å². The summed E-state index contributed by atoms with van der Waals surface area (Å²) in [6, 6.07) is 0. The van der Waals surface area contributed by atoms with Gasteiger partial charge in [0.1, 0.15) is 23.1 Å². The standard InChI is InChI=1S/C20H32O4/c1-11(2)15(21)19(16(22)12(3)4)9-20(10-19,17(23)13(5)6)18(24)14(7)8/h11-14H,9-10H2,1-8H3. The van der Waals surface area contributed by atoms with E-state index >= 15 is 0 Å². The smallest absolute Gasteiger partial charge is 0.149 e. The van der Waals surface area contributed by atoms with Gasteiger partial charge in [0.25, 0.3) is 0 Å². The molecule has 1 aliphatic rings. The van der Waals surface area contributed by atoms with Gasteiger partial charge >= 0.3 is 0 Å². The maximum atomic E-state index is 12.8. The summed E-state index contributed by atoms with van der Waals surface area (Å²) >= 11 is 0. The van der Waals surface area contributed by atoms with Crippen LogP contribution in [0.2, 0.25) is 0 Å². The van der Waals surface area contributed by atoms with Crippen LogP contribution in [-0.4, -0.2) is 23.1 Å². The first kappa shape index (κ1) is 20.7. The quantitative estimate of drug-likeness (QED) is 0.634. The molecule has 0 amide bonds. The molecule has 1 fully saturated rings. The van der Waals surface area contributed by atoms with Crippen molar-refractivity contribution in [3.63, 3.8) is 0 Å². The van der Waals surface area contributed by atoms with Crippen molar-refractivity contribution in [1.29, 1.82) is 0 Å². The van der Waals surface area contributed by atoms with Crippen LogP contribution in [0.25, 0.3) is 0 Å². The first-order valence-electron chi connectivity index (χ1n) is 9.00. The zero-order valence-corrected chi connectivity index (χ0v) is 16.4. The third kappa shape index (κ3) is 3.12. The van der Waals surface area contributed by atoms with Crippen LogP contribution in [0.1, 0.15) is 68.2 Å². The summed E-state index contributed by atoms with van der Waals surface area (Å²) in [6.45, 7) is 14.2. The summed E-state index contributed by atoms with van der Waals surface area (Å²) in [6.07, 6.45) is 0.115. The molecule has 0 aromatic carbocycles. The van der Waals surface area contributed by atoms with Crippen molar-refractivity contribution < 1.29 is 19.2 Å². The van der Waals surface area contributed by atoms with Gasteiger partial charge in [0, 0.05) is 23.7 Å². The first-order chi connectivity index (χ1) is 10.8. The number of hydrogen-bond acceptors (Lipinski definition) is 4. The molecule has 24 heavy (non-hydrogen) atoms. The molecule has 0 atom stereocenters. The molecule has 0 spiro atoms. The number of ketones is 4. The molecule has 4 heteroatoms. The van der Waals surface area contributed by atoms with Crippen molar-refractivity contribution in [1.82, 2.24) is 0 Å². The largest absolute Gasteiger partial charge is 0.298 e. The van der Waals surface area contributed by atoms with Gasteiger partial charge in [0.15, 0.2) is 0 Å². The van der Waals surface area contributed by atoms with Gasteiger partial charge in [-0.2, -0.15) is 0 Å². The number of Topliss-reactive ketones (excluding diaryl/α,β-unsaturated/α-hetero) is 4. The van der Waals surface area contributed by atoms with E-state index in [4.69, 9.17) is 0 Å². The van der Waals surface area contributed by atoms with E-state index in [1.807, 2.05) is 0 Å². The summed E-state index contributed by atoms with van der Waals surface area (Å²) in [5, 5.41) is 0. The second-order valence-electron chi connectivity index (χ2n) is 8.59. The molecule has 1 rings (SSSR count). The molecular formula is C20H32O4. The molecule has 0 unspecified atom stereocenters. The van der Waals surface area contributed by atoms with Crippen molar-refractivity contribution in [2.75, 3.05) is 0 Å². The average Bonchev–Trinajstić information content (AvgIpc) is 2.44. The van der Waals surface area contributed by atoms with Gasteiger partial charge < -0.3 is 0 Å². The lowest BCUT2D eigenvalue weighted by Crippen LogP contribution is -2.64. The molecular weight excluding hydrogens is 304 g/mol. The summed E-state index contributed by atoms with van der Waals surface area (Å²) in [4.78, 5) is 51.3. The molecule has 0 N–H and O–H groups in total. The Bertz CT molecular complexity index is 454. The van der Waals surface area contributed by atoms with E-state index in [1.54, 1.807) is 55.4 Å². The predicted octanol–water partition coefficient (Wildman–Crippen LogP) is 3.65. The number of hydrogen-bond donors (Lipinski definition) is 0. The molecule has 0 heterocycles. The Morgan fingerprint density at radius 2 is 0.667 bits per heavy atom. The minimum atomic E-state index is -1.17. The van der Waals surface area contributed by atoms with E-state index in [9.17, 15) is 19.2 Å². The number of carbonyl (C=O) groups is 4. The highest BCUT2D eigenvalue weighted by Gasteiger charge is 2.68. The molecule has 0 aromatic rings. The number of carbonyl (C=O) groups excluding carboxylic acids is 4. The molecule has 0 aliphatic heterocycles. The van der Waals surface area contributed by atoms with Crippen LogP contribution in [0.3, 0.4) is 0 Å². The predicted molar refractivity (Wildman–Crippen MR) is 93.5 cm³/mol. The van der Waals surface area contributed by atoms with Crippen LogP contribution in [0.5, 0.6) is 0 Å².